The summed E-state index contributed by atoms with van der Waals surface area (Å²) in [5, 5.41) is 12.5. The van der Waals surface area contributed by atoms with Gasteiger partial charge in [0.05, 0.1) is 18.7 Å². The summed E-state index contributed by atoms with van der Waals surface area (Å²) in [6.07, 6.45) is 5.29. The van der Waals surface area contributed by atoms with E-state index >= 15 is 0 Å². The van der Waals surface area contributed by atoms with Crippen molar-refractivity contribution in [2.45, 2.75) is 39.2 Å². The zero-order valence-corrected chi connectivity index (χ0v) is 11.8. The summed E-state index contributed by atoms with van der Waals surface area (Å²) in [5.74, 6) is 0.852. The summed E-state index contributed by atoms with van der Waals surface area (Å²) in [7, 11) is 1.67. The van der Waals surface area contributed by atoms with Gasteiger partial charge in [0, 0.05) is 18.7 Å². The summed E-state index contributed by atoms with van der Waals surface area (Å²) < 4.78 is 5.34. The molecule has 19 heavy (non-hydrogen) atoms. The van der Waals surface area contributed by atoms with Gasteiger partial charge in [-0.1, -0.05) is 13.3 Å². The quantitative estimate of drug-likeness (QED) is 0.852. The molecule has 1 aliphatic carbocycles. The Balaban J connectivity index is 1.96. The van der Waals surface area contributed by atoms with Crippen LogP contribution in [-0.4, -0.2) is 13.7 Å². The van der Waals surface area contributed by atoms with Crippen LogP contribution in [0.25, 0.3) is 0 Å². The van der Waals surface area contributed by atoms with Crippen LogP contribution >= 0.6 is 0 Å². The number of methoxy groups -OCH3 is 1. The fraction of sp³-hybridized carbons (Fsp3) is 0.562. The summed E-state index contributed by atoms with van der Waals surface area (Å²) in [4.78, 5) is 0. The number of benzene rings is 1. The largest absolute Gasteiger partial charge is 0.496 e. The number of nitrogens with zero attached hydrogens (tertiary/aromatic N) is 1. The first-order valence-electron chi connectivity index (χ1n) is 7.01. The lowest BCUT2D eigenvalue weighted by atomic mass is 9.67. The summed E-state index contributed by atoms with van der Waals surface area (Å²) in [6.45, 7) is 4.10. The van der Waals surface area contributed by atoms with Crippen molar-refractivity contribution < 1.29 is 4.74 Å². The van der Waals surface area contributed by atoms with Crippen molar-refractivity contribution in [1.82, 2.24) is 5.32 Å². The molecule has 102 valence electrons. The van der Waals surface area contributed by atoms with E-state index in [0.29, 0.717) is 11.0 Å². The molecule has 0 aromatic heterocycles. The van der Waals surface area contributed by atoms with Gasteiger partial charge in [-0.2, -0.15) is 5.26 Å². The van der Waals surface area contributed by atoms with E-state index < -0.39 is 0 Å². The third kappa shape index (κ3) is 3.08. The van der Waals surface area contributed by atoms with Gasteiger partial charge in [0.25, 0.3) is 0 Å². The Bertz CT molecular complexity index is 467. The Morgan fingerprint density at radius 3 is 2.74 bits per heavy atom. The minimum absolute atomic E-state index is 0.514. The number of nitrogens with one attached hydrogen (secondary N) is 1. The molecule has 2 rings (SSSR count). The van der Waals surface area contributed by atoms with Crippen molar-refractivity contribution in [3.63, 3.8) is 0 Å². The second kappa shape index (κ2) is 6.08. The molecule has 3 nitrogen and oxygen atoms in total. The van der Waals surface area contributed by atoms with Crippen LogP contribution in [0.4, 0.5) is 0 Å². The number of rotatable bonds is 6. The molecular weight excluding hydrogens is 236 g/mol. The standard InChI is InChI=1S/C16H22N2O/c1-3-16(7-4-8-16)12-18-11-14-9-13(10-17)5-6-15(14)19-2/h5-6,9,18H,3-4,7-8,11-12H2,1-2H3. The Morgan fingerprint density at radius 1 is 1.42 bits per heavy atom. The zero-order valence-electron chi connectivity index (χ0n) is 11.8. The first kappa shape index (κ1) is 13.9. The average Bonchev–Trinajstić information content (AvgIpc) is 2.41. The van der Waals surface area contributed by atoms with Gasteiger partial charge < -0.3 is 10.1 Å². The summed E-state index contributed by atoms with van der Waals surface area (Å²) in [5.41, 5.74) is 2.26. The van der Waals surface area contributed by atoms with Crippen LogP contribution in [-0.2, 0) is 6.54 Å². The van der Waals surface area contributed by atoms with E-state index in [9.17, 15) is 0 Å². The Labute approximate surface area is 115 Å². The molecule has 1 fully saturated rings. The highest BCUT2D eigenvalue weighted by Crippen LogP contribution is 2.43. The van der Waals surface area contributed by atoms with E-state index in [1.165, 1.54) is 25.7 Å². The molecule has 3 heteroatoms. The van der Waals surface area contributed by atoms with Crippen LogP contribution in [0.5, 0.6) is 5.75 Å². The molecule has 0 spiro atoms. The third-order valence-corrected chi connectivity index (χ3v) is 4.39. The first-order chi connectivity index (χ1) is 9.23. The van der Waals surface area contributed by atoms with Crippen molar-refractivity contribution in [2.24, 2.45) is 5.41 Å². The van der Waals surface area contributed by atoms with Crippen LogP contribution in [0.15, 0.2) is 18.2 Å². The van der Waals surface area contributed by atoms with E-state index in [1.54, 1.807) is 13.2 Å². The fourth-order valence-electron chi connectivity index (χ4n) is 2.78. The van der Waals surface area contributed by atoms with E-state index in [0.717, 1.165) is 24.4 Å². The van der Waals surface area contributed by atoms with E-state index in [4.69, 9.17) is 10.00 Å². The lowest BCUT2D eigenvalue weighted by Crippen LogP contribution is -2.39. The molecule has 1 saturated carbocycles. The predicted octanol–water partition coefficient (Wildman–Crippen LogP) is 3.24. The van der Waals surface area contributed by atoms with E-state index in [2.05, 4.69) is 18.3 Å². The van der Waals surface area contributed by atoms with Gasteiger partial charge in [-0.15, -0.1) is 0 Å². The van der Waals surface area contributed by atoms with Crippen molar-refractivity contribution in [3.8, 4) is 11.8 Å². The molecule has 0 radical (unpaired) electrons. The molecular formula is C16H22N2O. The molecule has 1 aromatic carbocycles. The van der Waals surface area contributed by atoms with Gasteiger partial charge >= 0.3 is 0 Å². The van der Waals surface area contributed by atoms with Crippen LogP contribution in [0.2, 0.25) is 0 Å². The van der Waals surface area contributed by atoms with Gasteiger partial charge in [-0.3, -0.25) is 0 Å². The Morgan fingerprint density at radius 2 is 2.21 bits per heavy atom. The Hall–Kier alpha value is -1.53. The highest BCUT2D eigenvalue weighted by Gasteiger charge is 2.34. The molecule has 0 atom stereocenters. The minimum Gasteiger partial charge on any atom is -0.496 e. The molecule has 0 saturated heterocycles. The molecule has 1 aliphatic rings. The SMILES string of the molecule is CCC1(CNCc2cc(C#N)ccc2OC)CCC1. The predicted molar refractivity (Wildman–Crippen MR) is 76.0 cm³/mol. The Kier molecular flexibility index (Phi) is 4.44. The topological polar surface area (TPSA) is 45.0 Å². The second-order valence-electron chi connectivity index (χ2n) is 5.45. The number of nitriles is 1. The zero-order chi connectivity index (χ0) is 13.7. The van der Waals surface area contributed by atoms with Crippen LogP contribution in [0, 0.1) is 16.7 Å². The van der Waals surface area contributed by atoms with Crippen LogP contribution < -0.4 is 10.1 Å². The maximum absolute atomic E-state index is 8.95. The van der Waals surface area contributed by atoms with Crippen LogP contribution in [0.3, 0.4) is 0 Å². The average molecular weight is 258 g/mol. The maximum atomic E-state index is 8.95. The van der Waals surface area contributed by atoms with Gasteiger partial charge in [0.2, 0.25) is 0 Å². The molecule has 0 bridgehead atoms. The molecule has 0 unspecified atom stereocenters. The van der Waals surface area contributed by atoms with Gasteiger partial charge in [-0.05, 0) is 42.9 Å². The van der Waals surface area contributed by atoms with Crippen LogP contribution in [0.1, 0.15) is 43.7 Å². The lowest BCUT2D eigenvalue weighted by Gasteiger charge is -2.41. The molecule has 0 aliphatic heterocycles. The number of hydrogen-bond acceptors (Lipinski definition) is 3. The third-order valence-electron chi connectivity index (χ3n) is 4.39. The van der Waals surface area contributed by atoms with Crippen molar-refractivity contribution in [3.05, 3.63) is 29.3 Å². The number of ether oxygens (including phenoxy) is 1. The van der Waals surface area contributed by atoms with E-state index in [-0.39, 0.29) is 0 Å². The smallest absolute Gasteiger partial charge is 0.123 e. The highest BCUT2D eigenvalue weighted by molar-refractivity contribution is 5.41. The molecule has 1 aromatic rings. The summed E-state index contributed by atoms with van der Waals surface area (Å²) >= 11 is 0. The van der Waals surface area contributed by atoms with Gasteiger partial charge in [-0.25, -0.2) is 0 Å². The van der Waals surface area contributed by atoms with Crippen molar-refractivity contribution >= 4 is 0 Å². The first-order valence-corrected chi connectivity index (χ1v) is 7.01. The monoisotopic (exact) mass is 258 g/mol. The summed E-state index contributed by atoms with van der Waals surface area (Å²) in [6, 6.07) is 7.75. The van der Waals surface area contributed by atoms with Crippen molar-refractivity contribution in [2.75, 3.05) is 13.7 Å². The maximum Gasteiger partial charge on any atom is 0.123 e. The van der Waals surface area contributed by atoms with Crippen molar-refractivity contribution in [1.29, 1.82) is 5.26 Å². The van der Waals surface area contributed by atoms with Gasteiger partial charge in [0.1, 0.15) is 5.75 Å². The molecule has 0 amide bonds. The normalized spacial score (nSPS) is 16.5. The highest BCUT2D eigenvalue weighted by atomic mass is 16.5. The fourth-order valence-corrected chi connectivity index (χ4v) is 2.78. The second-order valence-corrected chi connectivity index (χ2v) is 5.45. The minimum atomic E-state index is 0.514. The number of hydrogen-bond donors (Lipinski definition) is 1. The van der Waals surface area contributed by atoms with Gasteiger partial charge in [0.15, 0.2) is 0 Å². The molecule has 0 heterocycles. The lowest BCUT2D eigenvalue weighted by molar-refractivity contribution is 0.123. The van der Waals surface area contributed by atoms with E-state index in [1.807, 2.05) is 12.1 Å². The molecule has 1 N–H and O–H groups in total.